The summed E-state index contributed by atoms with van der Waals surface area (Å²) >= 11 is 0. The molecule has 3 rings (SSSR count). The van der Waals surface area contributed by atoms with Crippen molar-refractivity contribution in [1.29, 1.82) is 0 Å². The summed E-state index contributed by atoms with van der Waals surface area (Å²) < 4.78 is 0. The zero-order chi connectivity index (χ0) is 17.2. The van der Waals surface area contributed by atoms with Gasteiger partial charge in [0.1, 0.15) is 5.70 Å². The summed E-state index contributed by atoms with van der Waals surface area (Å²) in [7, 11) is 0. The molecule has 3 fully saturated rings. The van der Waals surface area contributed by atoms with Gasteiger partial charge in [0, 0.05) is 19.0 Å². The molecule has 0 bridgehead atoms. The summed E-state index contributed by atoms with van der Waals surface area (Å²) in [6.45, 7) is 5.57. The van der Waals surface area contributed by atoms with E-state index in [4.69, 9.17) is 0 Å². The number of nitrogens with one attached hydrogen (secondary N) is 1. The van der Waals surface area contributed by atoms with Gasteiger partial charge in [0.15, 0.2) is 0 Å². The third-order valence-electron chi connectivity index (χ3n) is 3.47. The van der Waals surface area contributed by atoms with E-state index < -0.39 is 0 Å². The van der Waals surface area contributed by atoms with Crippen LogP contribution in [0.4, 0.5) is 0 Å². The molecule has 10 radical (unpaired) electrons. The van der Waals surface area contributed by atoms with E-state index in [1.54, 1.807) is 4.90 Å². The molecule has 0 aromatic rings. The average molecular weight is 379 g/mol. The minimum atomic E-state index is 0. The smallest absolute Gasteiger partial charge is 0.321 e. The summed E-state index contributed by atoms with van der Waals surface area (Å²) in [5.74, 6) is 1.73. The number of allylic oxidation sites excluding steroid dienone is 1. The molecule has 1 N–H and O–H groups in total. The maximum Gasteiger partial charge on any atom is 2.00 e. The fraction of sp³-hybridized carbons (Fsp3) is 0.300. The first-order valence-corrected chi connectivity index (χ1v) is 8.49. The van der Waals surface area contributed by atoms with Crippen molar-refractivity contribution >= 4 is 11.9 Å². The Morgan fingerprint density at radius 1 is 1.00 bits per heavy atom. The molecular weight excluding hydrogens is 354 g/mol. The molecule has 1 saturated heterocycles. The van der Waals surface area contributed by atoms with Crippen molar-refractivity contribution in [3.8, 4) is 0 Å². The average Bonchev–Trinajstić information content (AvgIpc) is 3.34. The number of nitrogens with zero attached hydrogens (tertiary/aromatic N) is 2. The van der Waals surface area contributed by atoms with Gasteiger partial charge in [-0.25, -0.2) is 0 Å². The van der Waals surface area contributed by atoms with Gasteiger partial charge in [0.2, 0.25) is 5.96 Å². The van der Waals surface area contributed by atoms with Crippen LogP contribution in [-0.4, -0.2) is 29.9 Å². The van der Waals surface area contributed by atoms with Crippen LogP contribution in [0.15, 0.2) is 16.8 Å². The Labute approximate surface area is 164 Å². The van der Waals surface area contributed by atoms with Crippen LogP contribution in [0.5, 0.6) is 0 Å². The molecule has 3 aliphatic rings. The summed E-state index contributed by atoms with van der Waals surface area (Å²) in [6.07, 6.45) is 21.6. The second-order valence-corrected chi connectivity index (χ2v) is 5.53. The van der Waals surface area contributed by atoms with E-state index in [1.807, 2.05) is 63.9 Å². The molecule has 1 heterocycles. The Balaban J connectivity index is 0.000000448. The fourth-order valence-electron chi connectivity index (χ4n) is 2.33. The summed E-state index contributed by atoms with van der Waals surface area (Å²) in [6, 6.07) is 0. The van der Waals surface area contributed by atoms with Crippen LogP contribution in [0.2, 0.25) is 0 Å². The predicted octanol–water partition coefficient (Wildman–Crippen LogP) is 2.90. The van der Waals surface area contributed by atoms with E-state index in [9.17, 15) is 4.79 Å². The van der Waals surface area contributed by atoms with Crippen molar-refractivity contribution in [1.82, 2.24) is 10.2 Å². The summed E-state index contributed by atoms with van der Waals surface area (Å²) in [5, 5.41) is 3.14. The number of hydrogen-bond donors (Lipinski definition) is 1. The third-order valence-corrected chi connectivity index (χ3v) is 3.47. The number of carbonyl (C=O) groups excluding carboxylic acids is 1. The van der Waals surface area contributed by atoms with Gasteiger partial charge in [-0.2, -0.15) is 0 Å². The quantitative estimate of drug-likeness (QED) is 0.590. The Morgan fingerprint density at radius 3 is 2.12 bits per heavy atom. The maximum absolute atomic E-state index is 12.3. The van der Waals surface area contributed by atoms with Crippen molar-refractivity contribution in [3.05, 3.63) is 75.5 Å². The number of carbonyl (C=O) groups is 1. The van der Waals surface area contributed by atoms with Gasteiger partial charge in [-0.05, 0) is 76.7 Å². The summed E-state index contributed by atoms with van der Waals surface area (Å²) in [4.78, 5) is 18.5. The van der Waals surface area contributed by atoms with Crippen molar-refractivity contribution in [2.24, 2.45) is 4.99 Å². The number of rotatable bonds is 5. The van der Waals surface area contributed by atoms with Gasteiger partial charge in [-0.3, -0.25) is 14.7 Å². The zero-order valence-electron chi connectivity index (χ0n) is 14.8. The van der Waals surface area contributed by atoms with Gasteiger partial charge in [0.05, 0.1) is 0 Å². The van der Waals surface area contributed by atoms with E-state index in [1.165, 1.54) is 0 Å². The number of hydrogen-bond acceptors (Lipinski definition) is 2. The van der Waals surface area contributed by atoms with Crippen molar-refractivity contribution in [3.63, 3.8) is 0 Å². The molecule has 0 atom stereocenters. The second-order valence-electron chi connectivity index (χ2n) is 5.53. The molecule has 1 amide bonds. The molecular formula is C20H25FeN3O+2. The van der Waals surface area contributed by atoms with Crippen molar-refractivity contribution in [2.45, 2.75) is 26.7 Å². The van der Waals surface area contributed by atoms with Gasteiger partial charge < -0.3 is 5.32 Å². The number of amides is 1. The van der Waals surface area contributed by atoms with Crippen molar-refractivity contribution < 1.29 is 21.9 Å². The van der Waals surface area contributed by atoms with Crippen LogP contribution < -0.4 is 5.32 Å². The Bertz CT molecular complexity index is 444. The molecule has 4 nitrogen and oxygen atoms in total. The molecule has 5 heteroatoms. The normalized spacial score (nSPS) is 23.6. The fourth-order valence-corrected chi connectivity index (χ4v) is 2.33. The first-order chi connectivity index (χ1) is 11.8. The number of aliphatic imine (C=N–C) groups is 1. The van der Waals surface area contributed by atoms with Crippen LogP contribution in [0.25, 0.3) is 0 Å². The first-order valence-electron chi connectivity index (χ1n) is 8.49. The van der Waals surface area contributed by atoms with Crippen molar-refractivity contribution in [2.75, 3.05) is 13.1 Å². The Hall–Kier alpha value is -0.801. The van der Waals surface area contributed by atoms with Gasteiger partial charge in [-0.15, -0.1) is 0 Å². The maximum atomic E-state index is 12.3. The van der Waals surface area contributed by atoms with E-state index in [-0.39, 0.29) is 23.0 Å². The molecule has 2 aliphatic carbocycles. The van der Waals surface area contributed by atoms with E-state index >= 15 is 0 Å². The molecule has 132 valence electrons. The molecule has 0 aromatic carbocycles. The third kappa shape index (κ3) is 7.15. The van der Waals surface area contributed by atoms with Gasteiger partial charge in [-0.1, -0.05) is 13.8 Å². The number of guanidine groups is 1. The minimum absolute atomic E-state index is 0. The monoisotopic (exact) mass is 379 g/mol. The molecule has 0 spiro atoms. The van der Waals surface area contributed by atoms with Gasteiger partial charge >= 0.3 is 17.1 Å². The first kappa shape index (κ1) is 22.2. The Kier molecular flexibility index (Phi) is 11.2. The summed E-state index contributed by atoms with van der Waals surface area (Å²) in [5.41, 5.74) is 0.606. The predicted molar refractivity (Wildman–Crippen MR) is 97.8 cm³/mol. The van der Waals surface area contributed by atoms with Crippen LogP contribution in [0.3, 0.4) is 0 Å². The SMILES string of the molecule is CCCN=C1N/C(=C\[C]2[CH][CH][CH][CH]2)C(=O)N1CCC.[CH]1[CH][CH][CH][CH]1.[Fe+2]. The van der Waals surface area contributed by atoms with Crippen LogP contribution in [0, 0.1) is 63.7 Å². The largest absolute Gasteiger partial charge is 2.00 e. The van der Waals surface area contributed by atoms with E-state index in [0.717, 1.165) is 25.3 Å². The topological polar surface area (TPSA) is 44.7 Å². The standard InChI is InChI=1S/C15H20N3O.C5H5.Fe/c1-3-9-16-15-17-13(11-12-7-5-6-8-12)14(19)18(15)10-4-2;1-2-4-5-3-1;/h5-8,11H,3-4,9-10H2,1-2H3,(H,16,17);1-5H;/q;;+2/b13-11-;;. The van der Waals surface area contributed by atoms with Crippen LogP contribution in [0.1, 0.15) is 26.7 Å². The van der Waals surface area contributed by atoms with E-state index in [0.29, 0.717) is 18.2 Å². The van der Waals surface area contributed by atoms with Crippen LogP contribution in [-0.2, 0) is 21.9 Å². The zero-order valence-corrected chi connectivity index (χ0v) is 15.9. The van der Waals surface area contributed by atoms with Crippen LogP contribution >= 0.6 is 0 Å². The second kappa shape index (κ2) is 12.5. The molecule has 1 aliphatic heterocycles. The van der Waals surface area contributed by atoms with E-state index in [2.05, 4.69) is 24.2 Å². The Morgan fingerprint density at radius 2 is 1.60 bits per heavy atom. The molecule has 0 unspecified atom stereocenters. The molecule has 0 aromatic heterocycles. The van der Waals surface area contributed by atoms with Gasteiger partial charge in [0.25, 0.3) is 5.91 Å². The molecule has 2 saturated carbocycles. The molecule has 25 heavy (non-hydrogen) atoms. The minimum Gasteiger partial charge on any atom is -0.321 e.